The van der Waals surface area contributed by atoms with E-state index in [2.05, 4.69) is 103 Å². The van der Waals surface area contributed by atoms with Crippen molar-refractivity contribution in [1.82, 2.24) is 4.90 Å². The van der Waals surface area contributed by atoms with Crippen molar-refractivity contribution in [3.8, 4) is 0 Å². The molecule has 1 heterocycles. The van der Waals surface area contributed by atoms with Crippen LogP contribution in [0.5, 0.6) is 0 Å². The van der Waals surface area contributed by atoms with Gasteiger partial charge in [-0.25, -0.2) is 0 Å². The van der Waals surface area contributed by atoms with Crippen molar-refractivity contribution in [3.63, 3.8) is 0 Å². The monoisotopic (exact) mass is 389 g/mol. The Hall–Kier alpha value is -2.07. The largest absolute Gasteiger partial charge is 0.374 e. The van der Waals surface area contributed by atoms with Gasteiger partial charge in [-0.15, -0.1) is 11.8 Å². The van der Waals surface area contributed by atoms with Crippen LogP contribution < -0.4 is 0 Å². The van der Waals surface area contributed by atoms with Gasteiger partial charge in [-0.1, -0.05) is 78.9 Å². The van der Waals surface area contributed by atoms with Gasteiger partial charge in [0.25, 0.3) is 0 Å². The molecule has 3 heteroatoms. The van der Waals surface area contributed by atoms with Crippen molar-refractivity contribution in [2.45, 2.75) is 29.2 Å². The summed E-state index contributed by atoms with van der Waals surface area (Å²) in [6.07, 6.45) is 0.160. The molecule has 1 saturated heterocycles. The molecule has 2 nitrogen and oxygen atoms in total. The lowest BCUT2D eigenvalue weighted by Crippen LogP contribution is -2.45. The van der Waals surface area contributed by atoms with E-state index in [1.54, 1.807) is 0 Å². The number of thioether (sulfide) groups is 1. The number of rotatable bonds is 6. The molecule has 1 aliphatic heterocycles. The molecular weight excluding hydrogens is 362 g/mol. The zero-order valence-corrected chi connectivity index (χ0v) is 17.1. The minimum absolute atomic E-state index is 0.160. The first-order valence-corrected chi connectivity index (χ1v) is 10.9. The predicted octanol–water partition coefficient (Wildman–Crippen LogP) is 5.98. The number of hydrogen-bond acceptors (Lipinski definition) is 3. The SMILES string of the molecule is C[C@H](c1ccccc1)N1CCO[C@H]([C@@H](Sc2ccccc2)c2ccccc2)C1. The molecule has 1 fully saturated rings. The lowest BCUT2D eigenvalue weighted by atomic mass is 10.0. The van der Waals surface area contributed by atoms with Gasteiger partial charge in [-0.3, -0.25) is 4.90 Å². The van der Waals surface area contributed by atoms with Crippen molar-refractivity contribution in [3.05, 3.63) is 102 Å². The zero-order valence-electron chi connectivity index (χ0n) is 16.3. The highest BCUT2D eigenvalue weighted by molar-refractivity contribution is 7.99. The van der Waals surface area contributed by atoms with Crippen molar-refractivity contribution >= 4 is 11.8 Å². The third-order valence-corrected chi connectivity index (χ3v) is 6.80. The predicted molar refractivity (Wildman–Crippen MR) is 118 cm³/mol. The summed E-state index contributed by atoms with van der Waals surface area (Å²) in [7, 11) is 0. The van der Waals surface area contributed by atoms with Crippen molar-refractivity contribution in [2.24, 2.45) is 0 Å². The van der Waals surface area contributed by atoms with Crippen molar-refractivity contribution in [2.75, 3.05) is 19.7 Å². The van der Waals surface area contributed by atoms with Crippen LogP contribution in [0, 0.1) is 0 Å². The molecule has 0 N–H and O–H groups in total. The van der Waals surface area contributed by atoms with Crippen molar-refractivity contribution in [1.29, 1.82) is 0 Å². The van der Waals surface area contributed by atoms with Crippen LogP contribution in [0.1, 0.15) is 29.3 Å². The second-order valence-corrected chi connectivity index (χ2v) is 8.47. The van der Waals surface area contributed by atoms with E-state index in [1.807, 2.05) is 11.8 Å². The first-order valence-electron chi connectivity index (χ1n) is 9.98. The fourth-order valence-electron chi connectivity index (χ4n) is 3.82. The van der Waals surface area contributed by atoms with Crippen LogP contribution in [0.3, 0.4) is 0 Å². The average Bonchev–Trinajstić information content (AvgIpc) is 2.79. The molecule has 1 aliphatic rings. The van der Waals surface area contributed by atoms with Crippen LogP contribution in [0.4, 0.5) is 0 Å². The number of ether oxygens (including phenoxy) is 1. The maximum atomic E-state index is 6.32. The van der Waals surface area contributed by atoms with E-state index in [0.717, 1.165) is 19.7 Å². The normalized spacial score (nSPS) is 19.8. The minimum atomic E-state index is 0.160. The molecule has 0 spiro atoms. The summed E-state index contributed by atoms with van der Waals surface area (Å²) >= 11 is 1.91. The quantitative estimate of drug-likeness (QED) is 0.481. The molecule has 28 heavy (non-hydrogen) atoms. The number of benzene rings is 3. The smallest absolute Gasteiger partial charge is 0.0865 e. The van der Waals surface area contributed by atoms with Crippen LogP contribution >= 0.6 is 11.8 Å². The molecule has 0 aromatic heterocycles. The summed E-state index contributed by atoms with van der Waals surface area (Å²) in [5.41, 5.74) is 2.70. The molecule has 4 rings (SSSR count). The van der Waals surface area contributed by atoms with Crippen LogP contribution in [0.15, 0.2) is 95.9 Å². The Morgan fingerprint density at radius 1 is 0.821 bits per heavy atom. The molecule has 0 aliphatic carbocycles. The third kappa shape index (κ3) is 4.67. The van der Waals surface area contributed by atoms with Crippen LogP contribution in [0.2, 0.25) is 0 Å². The highest BCUT2D eigenvalue weighted by Gasteiger charge is 2.32. The van der Waals surface area contributed by atoms with Gasteiger partial charge in [0, 0.05) is 24.0 Å². The van der Waals surface area contributed by atoms with Gasteiger partial charge in [0.2, 0.25) is 0 Å². The summed E-state index contributed by atoms with van der Waals surface area (Å²) in [6, 6.07) is 32.6. The number of nitrogens with zero attached hydrogens (tertiary/aromatic N) is 1. The number of morpholine rings is 1. The second kappa shape index (κ2) is 9.42. The molecule has 144 valence electrons. The summed E-state index contributed by atoms with van der Waals surface area (Å²) in [5.74, 6) is 0. The van der Waals surface area contributed by atoms with Gasteiger partial charge in [0.1, 0.15) is 0 Å². The molecule has 3 aromatic carbocycles. The molecule has 0 radical (unpaired) electrons. The van der Waals surface area contributed by atoms with Gasteiger partial charge >= 0.3 is 0 Å². The Balaban J connectivity index is 1.55. The summed E-state index contributed by atoms with van der Waals surface area (Å²) in [5, 5.41) is 0.273. The van der Waals surface area contributed by atoms with Gasteiger partial charge < -0.3 is 4.74 Å². The Morgan fingerprint density at radius 2 is 1.39 bits per heavy atom. The molecule has 0 bridgehead atoms. The molecule has 0 unspecified atom stereocenters. The topological polar surface area (TPSA) is 12.5 Å². The third-order valence-electron chi connectivity index (χ3n) is 5.43. The maximum absolute atomic E-state index is 6.32. The maximum Gasteiger partial charge on any atom is 0.0865 e. The van der Waals surface area contributed by atoms with Crippen molar-refractivity contribution < 1.29 is 4.74 Å². The Bertz CT molecular complexity index is 840. The summed E-state index contributed by atoms with van der Waals surface area (Å²) < 4.78 is 6.32. The number of hydrogen-bond donors (Lipinski definition) is 0. The molecule has 0 amide bonds. The summed E-state index contributed by atoms with van der Waals surface area (Å²) in [4.78, 5) is 3.85. The van der Waals surface area contributed by atoms with Gasteiger partial charge in [0.15, 0.2) is 0 Å². The standard InChI is InChI=1S/C25H27NOS/c1-20(21-11-5-2-6-12-21)26-17-18-27-24(19-26)25(22-13-7-3-8-14-22)28-23-15-9-4-10-16-23/h2-16,20,24-25H,17-19H2,1H3/t20-,24+,25+/m1/s1. The van der Waals surface area contributed by atoms with E-state index < -0.39 is 0 Å². The van der Waals surface area contributed by atoms with E-state index >= 15 is 0 Å². The molecule has 0 saturated carbocycles. The lowest BCUT2D eigenvalue weighted by molar-refractivity contribution is -0.0420. The Labute approximate surface area is 172 Å². The van der Waals surface area contributed by atoms with E-state index in [9.17, 15) is 0 Å². The fraction of sp³-hybridized carbons (Fsp3) is 0.280. The van der Waals surface area contributed by atoms with E-state index in [1.165, 1.54) is 16.0 Å². The van der Waals surface area contributed by atoms with Gasteiger partial charge in [-0.05, 0) is 30.2 Å². The first kappa shape index (κ1) is 19.3. The Kier molecular flexibility index (Phi) is 6.48. The Morgan fingerprint density at radius 3 is 2.04 bits per heavy atom. The molecule has 3 atom stereocenters. The van der Waals surface area contributed by atoms with E-state index in [-0.39, 0.29) is 11.4 Å². The lowest BCUT2D eigenvalue weighted by Gasteiger charge is -2.40. The first-order chi connectivity index (χ1) is 13.8. The van der Waals surface area contributed by atoms with Crippen LogP contribution in [-0.2, 0) is 4.74 Å². The highest BCUT2D eigenvalue weighted by atomic mass is 32.2. The van der Waals surface area contributed by atoms with Crippen LogP contribution in [-0.4, -0.2) is 30.7 Å². The average molecular weight is 390 g/mol. The fourth-order valence-corrected chi connectivity index (χ4v) is 5.04. The van der Waals surface area contributed by atoms with E-state index in [0.29, 0.717) is 6.04 Å². The van der Waals surface area contributed by atoms with Gasteiger partial charge in [0.05, 0.1) is 18.0 Å². The second-order valence-electron chi connectivity index (χ2n) is 7.25. The minimum Gasteiger partial charge on any atom is -0.374 e. The van der Waals surface area contributed by atoms with E-state index in [4.69, 9.17) is 4.74 Å². The van der Waals surface area contributed by atoms with Crippen LogP contribution in [0.25, 0.3) is 0 Å². The highest BCUT2D eigenvalue weighted by Crippen LogP contribution is 2.40. The summed E-state index contributed by atoms with van der Waals surface area (Å²) in [6.45, 7) is 5.00. The molecule has 3 aromatic rings. The molecular formula is C25H27NOS. The van der Waals surface area contributed by atoms with Gasteiger partial charge in [-0.2, -0.15) is 0 Å². The zero-order chi connectivity index (χ0) is 19.2.